The van der Waals surface area contributed by atoms with Crippen LogP contribution in [0.5, 0.6) is 0 Å². The van der Waals surface area contributed by atoms with E-state index in [-0.39, 0.29) is 5.69 Å². The fraction of sp³-hybridized carbons (Fsp3) is 0.0833. The number of carbonyl (C=O) groups excluding carboxylic acids is 1. The van der Waals surface area contributed by atoms with Crippen LogP contribution in [0.4, 0.5) is 15.9 Å². The Kier molecular flexibility index (Phi) is 3.47. The lowest BCUT2D eigenvalue weighted by Crippen LogP contribution is -2.13. The minimum absolute atomic E-state index is 0.0952. The molecule has 2 aromatic heterocycles. The minimum atomic E-state index is -0.575. The summed E-state index contributed by atoms with van der Waals surface area (Å²) in [4.78, 5) is 19.5. The second kappa shape index (κ2) is 5.22. The second-order valence-corrected chi connectivity index (χ2v) is 3.49. The second-order valence-electron chi connectivity index (χ2n) is 3.49. The van der Waals surface area contributed by atoms with Crippen LogP contribution >= 0.6 is 0 Å². The van der Waals surface area contributed by atoms with Gasteiger partial charge in [-0.3, -0.25) is 9.78 Å². The molecule has 0 aliphatic heterocycles. The molecule has 5 nitrogen and oxygen atoms in total. The molecule has 18 heavy (non-hydrogen) atoms. The Morgan fingerprint density at radius 3 is 2.89 bits per heavy atom. The van der Waals surface area contributed by atoms with E-state index >= 15 is 0 Å². The topological polar surface area (TPSA) is 66.9 Å². The molecule has 0 unspecified atom stereocenters. The highest BCUT2D eigenvalue weighted by Crippen LogP contribution is 2.13. The zero-order chi connectivity index (χ0) is 13.0. The van der Waals surface area contributed by atoms with E-state index < -0.39 is 11.7 Å². The molecule has 0 bridgehead atoms. The molecule has 2 N–H and O–H groups in total. The number of nitrogens with zero attached hydrogens (tertiary/aromatic N) is 2. The van der Waals surface area contributed by atoms with Gasteiger partial charge in [-0.25, -0.2) is 9.37 Å². The number of nitrogens with one attached hydrogen (secondary N) is 2. The molecular formula is C12H11FN4O. The molecule has 0 spiro atoms. The Balaban J connectivity index is 2.19. The van der Waals surface area contributed by atoms with Gasteiger partial charge in [-0.2, -0.15) is 0 Å². The van der Waals surface area contributed by atoms with Gasteiger partial charge < -0.3 is 10.6 Å². The zero-order valence-electron chi connectivity index (χ0n) is 9.64. The maximum absolute atomic E-state index is 13.3. The Bertz CT molecular complexity index is 574. The van der Waals surface area contributed by atoms with Crippen LogP contribution in [0.2, 0.25) is 0 Å². The maximum atomic E-state index is 13.3. The van der Waals surface area contributed by atoms with Gasteiger partial charge in [0.1, 0.15) is 5.82 Å². The van der Waals surface area contributed by atoms with Gasteiger partial charge in [0.15, 0.2) is 5.82 Å². The summed E-state index contributed by atoms with van der Waals surface area (Å²) in [6, 6.07) is 4.52. The van der Waals surface area contributed by atoms with E-state index in [1.54, 1.807) is 19.2 Å². The fourth-order valence-corrected chi connectivity index (χ4v) is 1.38. The van der Waals surface area contributed by atoms with Gasteiger partial charge >= 0.3 is 0 Å². The molecule has 92 valence electrons. The third kappa shape index (κ3) is 2.60. The summed E-state index contributed by atoms with van der Waals surface area (Å²) in [5.41, 5.74) is 0.489. The first kappa shape index (κ1) is 12.0. The van der Waals surface area contributed by atoms with Crippen molar-refractivity contribution in [2.75, 3.05) is 17.7 Å². The summed E-state index contributed by atoms with van der Waals surface area (Å²) < 4.78 is 13.3. The van der Waals surface area contributed by atoms with E-state index in [1.807, 2.05) is 0 Å². The van der Waals surface area contributed by atoms with Crippen LogP contribution < -0.4 is 10.6 Å². The van der Waals surface area contributed by atoms with E-state index in [1.165, 1.54) is 18.5 Å². The van der Waals surface area contributed by atoms with Crippen LogP contribution in [0.15, 0.2) is 36.8 Å². The highest BCUT2D eigenvalue weighted by Gasteiger charge is 2.09. The number of carbonyl (C=O) groups is 1. The van der Waals surface area contributed by atoms with Crippen LogP contribution in [0.3, 0.4) is 0 Å². The molecule has 0 aromatic carbocycles. The van der Waals surface area contributed by atoms with E-state index in [4.69, 9.17) is 0 Å². The van der Waals surface area contributed by atoms with Gasteiger partial charge in [-0.15, -0.1) is 0 Å². The van der Waals surface area contributed by atoms with Gasteiger partial charge in [0.25, 0.3) is 5.91 Å². The number of amides is 1. The SMILES string of the molecule is CNc1cc(C(=O)Nc2ccncc2F)ccn1. The van der Waals surface area contributed by atoms with Gasteiger partial charge in [0.2, 0.25) is 0 Å². The first-order valence-electron chi connectivity index (χ1n) is 5.25. The number of hydrogen-bond acceptors (Lipinski definition) is 4. The smallest absolute Gasteiger partial charge is 0.255 e. The van der Waals surface area contributed by atoms with Crippen molar-refractivity contribution in [2.24, 2.45) is 0 Å². The summed E-state index contributed by atoms with van der Waals surface area (Å²) in [5.74, 6) is -0.411. The monoisotopic (exact) mass is 246 g/mol. The van der Waals surface area contributed by atoms with E-state index in [0.29, 0.717) is 11.4 Å². The summed E-state index contributed by atoms with van der Waals surface area (Å²) >= 11 is 0. The fourth-order valence-electron chi connectivity index (χ4n) is 1.38. The molecule has 2 heterocycles. The van der Waals surface area contributed by atoms with Gasteiger partial charge in [0, 0.05) is 25.0 Å². The van der Waals surface area contributed by atoms with Crippen molar-refractivity contribution in [3.8, 4) is 0 Å². The highest BCUT2D eigenvalue weighted by molar-refractivity contribution is 6.04. The van der Waals surface area contributed by atoms with Crippen molar-refractivity contribution >= 4 is 17.4 Å². The Labute approximate surface area is 103 Å². The Morgan fingerprint density at radius 1 is 1.33 bits per heavy atom. The van der Waals surface area contributed by atoms with Crippen molar-refractivity contribution in [3.05, 3.63) is 48.2 Å². The number of hydrogen-bond donors (Lipinski definition) is 2. The highest BCUT2D eigenvalue weighted by atomic mass is 19.1. The normalized spacial score (nSPS) is 9.89. The molecule has 0 saturated carbocycles. The summed E-state index contributed by atoms with van der Waals surface area (Å²) in [5, 5.41) is 5.29. The van der Waals surface area contributed by atoms with Crippen molar-refractivity contribution in [3.63, 3.8) is 0 Å². The third-order valence-electron chi connectivity index (χ3n) is 2.30. The Morgan fingerprint density at radius 2 is 2.17 bits per heavy atom. The Hall–Kier alpha value is -2.50. The standard InChI is InChI=1S/C12H11FN4O/c1-14-11-6-8(2-5-16-11)12(18)17-10-3-4-15-7-9(10)13/h2-7H,1H3,(H,14,16)(H,15,17,18). The average Bonchev–Trinajstić information content (AvgIpc) is 2.41. The number of rotatable bonds is 3. The molecule has 0 fully saturated rings. The third-order valence-corrected chi connectivity index (χ3v) is 2.30. The minimum Gasteiger partial charge on any atom is -0.373 e. The van der Waals surface area contributed by atoms with Crippen molar-refractivity contribution in [1.82, 2.24) is 9.97 Å². The predicted octanol–water partition coefficient (Wildman–Crippen LogP) is 1.91. The van der Waals surface area contributed by atoms with Crippen LogP contribution in [0.25, 0.3) is 0 Å². The first-order valence-corrected chi connectivity index (χ1v) is 5.25. The molecule has 0 atom stereocenters. The van der Waals surface area contributed by atoms with Crippen LogP contribution in [-0.4, -0.2) is 22.9 Å². The van der Waals surface area contributed by atoms with Crippen LogP contribution in [-0.2, 0) is 0 Å². The largest absolute Gasteiger partial charge is 0.373 e. The molecule has 0 radical (unpaired) electrons. The lowest BCUT2D eigenvalue weighted by atomic mass is 10.2. The number of aromatic nitrogens is 2. The molecule has 0 saturated heterocycles. The molecular weight excluding hydrogens is 235 g/mol. The van der Waals surface area contributed by atoms with Gasteiger partial charge in [-0.05, 0) is 18.2 Å². The summed E-state index contributed by atoms with van der Waals surface area (Å²) in [7, 11) is 1.70. The van der Waals surface area contributed by atoms with Crippen LogP contribution in [0.1, 0.15) is 10.4 Å². The number of halogens is 1. The van der Waals surface area contributed by atoms with Crippen molar-refractivity contribution < 1.29 is 9.18 Å². The average molecular weight is 246 g/mol. The first-order chi connectivity index (χ1) is 8.70. The van der Waals surface area contributed by atoms with E-state index in [2.05, 4.69) is 20.6 Å². The molecule has 2 aromatic rings. The molecule has 0 aliphatic rings. The molecule has 1 amide bonds. The zero-order valence-corrected chi connectivity index (χ0v) is 9.64. The van der Waals surface area contributed by atoms with Crippen molar-refractivity contribution in [1.29, 1.82) is 0 Å². The molecule has 2 rings (SSSR count). The number of anilines is 2. The van der Waals surface area contributed by atoms with Gasteiger partial charge in [0.05, 0.1) is 11.9 Å². The summed E-state index contributed by atoms with van der Waals surface area (Å²) in [6.07, 6.45) is 3.95. The lowest BCUT2D eigenvalue weighted by Gasteiger charge is -2.06. The molecule has 6 heteroatoms. The summed E-state index contributed by atoms with van der Waals surface area (Å²) in [6.45, 7) is 0. The predicted molar refractivity (Wildman–Crippen MR) is 65.9 cm³/mol. The van der Waals surface area contributed by atoms with Crippen LogP contribution in [0, 0.1) is 5.82 Å². The van der Waals surface area contributed by atoms with Crippen molar-refractivity contribution in [2.45, 2.75) is 0 Å². The van der Waals surface area contributed by atoms with Gasteiger partial charge in [-0.1, -0.05) is 0 Å². The quantitative estimate of drug-likeness (QED) is 0.868. The lowest BCUT2D eigenvalue weighted by molar-refractivity contribution is 0.102. The maximum Gasteiger partial charge on any atom is 0.255 e. The van der Waals surface area contributed by atoms with E-state index in [0.717, 1.165) is 6.20 Å². The molecule has 0 aliphatic carbocycles. The number of pyridine rings is 2. The van der Waals surface area contributed by atoms with E-state index in [9.17, 15) is 9.18 Å².